The Morgan fingerprint density at radius 3 is 2.84 bits per heavy atom. The van der Waals surface area contributed by atoms with Crippen LogP contribution in [0, 0.1) is 0 Å². The number of carbonyl (C=O) groups is 2. The van der Waals surface area contributed by atoms with Gasteiger partial charge in [0.05, 0.1) is 5.92 Å². The first-order valence-corrected chi connectivity index (χ1v) is 6.74. The van der Waals surface area contributed by atoms with Gasteiger partial charge in [0.2, 0.25) is 5.91 Å². The molecule has 2 unspecified atom stereocenters. The van der Waals surface area contributed by atoms with E-state index in [0.29, 0.717) is 6.42 Å². The van der Waals surface area contributed by atoms with Crippen LogP contribution in [0.2, 0.25) is 0 Å². The van der Waals surface area contributed by atoms with E-state index in [1.165, 1.54) is 5.56 Å². The van der Waals surface area contributed by atoms with Gasteiger partial charge in [-0.1, -0.05) is 37.6 Å². The third-order valence-electron chi connectivity index (χ3n) is 3.64. The lowest BCUT2D eigenvalue weighted by Crippen LogP contribution is -2.42. The lowest BCUT2D eigenvalue weighted by atomic mass is 10.00. The van der Waals surface area contributed by atoms with Crippen LogP contribution in [0.3, 0.4) is 0 Å². The highest BCUT2D eigenvalue weighted by Gasteiger charge is 2.30. The van der Waals surface area contributed by atoms with Crippen LogP contribution >= 0.6 is 0 Å². The van der Waals surface area contributed by atoms with Crippen LogP contribution < -0.4 is 5.32 Å². The number of carboxylic acids is 1. The van der Waals surface area contributed by atoms with Gasteiger partial charge in [-0.2, -0.15) is 0 Å². The summed E-state index contributed by atoms with van der Waals surface area (Å²) >= 11 is 0. The Hall–Kier alpha value is -1.84. The van der Waals surface area contributed by atoms with E-state index < -0.39 is 12.0 Å². The molecular weight excluding hydrogens is 242 g/mol. The van der Waals surface area contributed by atoms with E-state index in [2.05, 4.69) is 5.32 Å². The molecule has 0 aliphatic heterocycles. The van der Waals surface area contributed by atoms with Crippen LogP contribution in [-0.4, -0.2) is 23.0 Å². The van der Waals surface area contributed by atoms with Crippen molar-refractivity contribution in [2.45, 2.75) is 44.6 Å². The van der Waals surface area contributed by atoms with Gasteiger partial charge in [-0.3, -0.25) is 4.79 Å². The first-order chi connectivity index (χ1) is 9.13. The van der Waals surface area contributed by atoms with Crippen LogP contribution in [0.5, 0.6) is 0 Å². The first-order valence-electron chi connectivity index (χ1n) is 6.74. The number of amides is 1. The minimum atomic E-state index is -0.957. The number of fused-ring (bicyclic) bond motifs is 1. The summed E-state index contributed by atoms with van der Waals surface area (Å²) < 4.78 is 0. The van der Waals surface area contributed by atoms with Crippen molar-refractivity contribution >= 4 is 11.9 Å². The second-order valence-corrected chi connectivity index (χ2v) is 4.98. The molecule has 4 heteroatoms. The Morgan fingerprint density at radius 1 is 1.42 bits per heavy atom. The molecule has 0 fully saturated rings. The van der Waals surface area contributed by atoms with E-state index in [0.717, 1.165) is 24.8 Å². The van der Waals surface area contributed by atoms with Crippen LogP contribution in [0.15, 0.2) is 24.3 Å². The number of aryl methyl sites for hydroxylation is 1. The van der Waals surface area contributed by atoms with E-state index in [1.54, 1.807) is 0 Å². The quantitative estimate of drug-likeness (QED) is 0.853. The summed E-state index contributed by atoms with van der Waals surface area (Å²) in [6.45, 7) is 1.91. The van der Waals surface area contributed by atoms with Gasteiger partial charge in [-0.15, -0.1) is 0 Å². The van der Waals surface area contributed by atoms with Gasteiger partial charge in [0.15, 0.2) is 0 Å². The van der Waals surface area contributed by atoms with Crippen molar-refractivity contribution < 1.29 is 14.7 Å². The van der Waals surface area contributed by atoms with Crippen molar-refractivity contribution in [1.29, 1.82) is 0 Å². The Morgan fingerprint density at radius 2 is 2.16 bits per heavy atom. The average molecular weight is 261 g/mol. The maximum atomic E-state index is 12.2. The Kier molecular flexibility index (Phi) is 4.20. The van der Waals surface area contributed by atoms with Crippen molar-refractivity contribution in [1.82, 2.24) is 5.32 Å². The number of aliphatic carboxylic acids is 1. The topological polar surface area (TPSA) is 66.4 Å². The smallest absolute Gasteiger partial charge is 0.326 e. The zero-order valence-corrected chi connectivity index (χ0v) is 11.1. The molecule has 0 heterocycles. The molecule has 1 aromatic carbocycles. The molecule has 2 atom stereocenters. The molecule has 0 radical (unpaired) electrons. The molecule has 0 saturated heterocycles. The molecule has 1 aromatic rings. The van der Waals surface area contributed by atoms with E-state index in [9.17, 15) is 9.59 Å². The molecule has 102 valence electrons. The highest BCUT2D eigenvalue weighted by Crippen LogP contribution is 2.32. The van der Waals surface area contributed by atoms with Gasteiger partial charge in [0.25, 0.3) is 0 Å². The summed E-state index contributed by atoms with van der Waals surface area (Å²) in [6.07, 6.45) is 2.86. The third-order valence-corrected chi connectivity index (χ3v) is 3.64. The number of benzene rings is 1. The van der Waals surface area contributed by atoms with Crippen molar-refractivity contribution in [2.24, 2.45) is 0 Å². The lowest BCUT2D eigenvalue weighted by molar-refractivity contribution is -0.142. The van der Waals surface area contributed by atoms with Gasteiger partial charge in [0, 0.05) is 0 Å². The molecule has 0 spiro atoms. The summed E-state index contributed by atoms with van der Waals surface area (Å²) in [6, 6.07) is 7.11. The van der Waals surface area contributed by atoms with Crippen molar-refractivity contribution in [2.75, 3.05) is 0 Å². The highest BCUT2D eigenvalue weighted by molar-refractivity contribution is 5.88. The fraction of sp³-hybridized carbons (Fsp3) is 0.467. The van der Waals surface area contributed by atoms with E-state index >= 15 is 0 Å². The van der Waals surface area contributed by atoms with Gasteiger partial charge in [-0.25, -0.2) is 4.79 Å². The molecule has 2 rings (SSSR count). The van der Waals surface area contributed by atoms with Crippen molar-refractivity contribution in [3.05, 3.63) is 35.4 Å². The highest BCUT2D eigenvalue weighted by atomic mass is 16.4. The fourth-order valence-electron chi connectivity index (χ4n) is 2.65. The van der Waals surface area contributed by atoms with Gasteiger partial charge >= 0.3 is 5.97 Å². The van der Waals surface area contributed by atoms with Gasteiger partial charge in [0.1, 0.15) is 6.04 Å². The monoisotopic (exact) mass is 261 g/mol. The summed E-state index contributed by atoms with van der Waals surface area (Å²) in [5.74, 6) is -1.32. The molecule has 19 heavy (non-hydrogen) atoms. The van der Waals surface area contributed by atoms with E-state index in [1.807, 2.05) is 31.2 Å². The van der Waals surface area contributed by atoms with Gasteiger partial charge < -0.3 is 10.4 Å². The number of carboxylic acid groups (broad SMARTS) is 1. The third kappa shape index (κ3) is 2.95. The summed E-state index contributed by atoms with van der Waals surface area (Å²) in [5, 5.41) is 11.7. The van der Waals surface area contributed by atoms with Crippen LogP contribution in [-0.2, 0) is 16.0 Å². The SMILES string of the molecule is CCCC(NC(=O)C1CCc2ccccc21)C(=O)O. The minimum Gasteiger partial charge on any atom is -0.480 e. The Balaban J connectivity index is 2.07. The molecule has 4 nitrogen and oxygen atoms in total. The van der Waals surface area contributed by atoms with Gasteiger partial charge in [-0.05, 0) is 30.4 Å². The second-order valence-electron chi connectivity index (χ2n) is 4.98. The lowest BCUT2D eigenvalue weighted by Gasteiger charge is -2.17. The number of carbonyl (C=O) groups excluding carboxylic acids is 1. The van der Waals surface area contributed by atoms with Crippen molar-refractivity contribution in [3.63, 3.8) is 0 Å². The average Bonchev–Trinajstić information content (AvgIpc) is 2.81. The normalized spacial score (nSPS) is 18.7. The largest absolute Gasteiger partial charge is 0.480 e. The van der Waals surface area contributed by atoms with Crippen molar-refractivity contribution in [3.8, 4) is 0 Å². The molecule has 0 bridgehead atoms. The van der Waals surface area contributed by atoms with E-state index in [-0.39, 0.29) is 11.8 Å². The first kappa shape index (κ1) is 13.6. The molecule has 1 amide bonds. The number of hydrogen-bond donors (Lipinski definition) is 2. The maximum absolute atomic E-state index is 12.2. The zero-order chi connectivity index (χ0) is 13.8. The summed E-state index contributed by atoms with van der Waals surface area (Å²) in [5.41, 5.74) is 2.24. The zero-order valence-electron chi connectivity index (χ0n) is 11.1. The predicted molar refractivity (Wildman–Crippen MR) is 72.0 cm³/mol. The number of hydrogen-bond acceptors (Lipinski definition) is 2. The molecule has 0 saturated carbocycles. The summed E-state index contributed by atoms with van der Waals surface area (Å²) in [4.78, 5) is 23.3. The van der Waals surface area contributed by atoms with Crippen LogP contribution in [0.1, 0.15) is 43.2 Å². The standard InChI is InChI=1S/C15H19NO3/c1-2-5-13(15(18)19)16-14(17)12-9-8-10-6-3-4-7-11(10)12/h3-4,6-7,12-13H,2,5,8-9H2,1H3,(H,16,17)(H,18,19). The Bertz CT molecular complexity index is 484. The summed E-state index contributed by atoms with van der Waals surface area (Å²) in [7, 11) is 0. The molecule has 1 aliphatic carbocycles. The molecule has 0 aromatic heterocycles. The fourth-order valence-corrected chi connectivity index (χ4v) is 2.65. The van der Waals surface area contributed by atoms with Crippen LogP contribution in [0.4, 0.5) is 0 Å². The van der Waals surface area contributed by atoms with Crippen LogP contribution in [0.25, 0.3) is 0 Å². The molecular formula is C15H19NO3. The molecule has 2 N–H and O–H groups in total. The van der Waals surface area contributed by atoms with E-state index in [4.69, 9.17) is 5.11 Å². The Labute approximate surface area is 112 Å². The number of nitrogens with one attached hydrogen (secondary N) is 1. The maximum Gasteiger partial charge on any atom is 0.326 e. The number of rotatable bonds is 5. The second kappa shape index (κ2) is 5.87. The molecule has 1 aliphatic rings. The predicted octanol–water partition coefficient (Wildman–Crippen LogP) is 2.09. The minimum absolute atomic E-state index is 0.161.